The predicted molar refractivity (Wildman–Crippen MR) is 114 cm³/mol. The molecule has 3 aromatic rings. The molecule has 1 aromatic heterocycles. The summed E-state index contributed by atoms with van der Waals surface area (Å²) in [7, 11) is 1.61. The highest BCUT2D eigenvalue weighted by atomic mass is 35.5. The molecule has 1 heterocycles. The van der Waals surface area contributed by atoms with Gasteiger partial charge in [0.1, 0.15) is 6.61 Å². The number of nitrogens with zero attached hydrogens (tertiary/aromatic N) is 4. The fraction of sp³-hybridized carbons (Fsp3) is 0.381. The average molecular weight is 416 g/mol. The molecule has 0 aliphatic heterocycles. The number of anilines is 1. The molecule has 0 spiro atoms. The van der Waals surface area contributed by atoms with Crippen LogP contribution in [0.3, 0.4) is 0 Å². The summed E-state index contributed by atoms with van der Waals surface area (Å²) in [4.78, 5) is 0. The van der Waals surface area contributed by atoms with Gasteiger partial charge in [0.2, 0.25) is 5.95 Å². The Kier molecular flexibility index (Phi) is 7.30. The highest BCUT2D eigenvalue weighted by molar-refractivity contribution is 6.32. The fourth-order valence-corrected chi connectivity index (χ4v) is 3.20. The van der Waals surface area contributed by atoms with Gasteiger partial charge in [-0.15, -0.1) is 0 Å². The number of ether oxygens (including phenoxy) is 2. The maximum Gasteiger partial charge on any atom is 0.243 e. The topological polar surface area (TPSA) is 74.1 Å². The van der Waals surface area contributed by atoms with Crippen LogP contribution in [0.5, 0.6) is 11.5 Å². The second-order valence-corrected chi connectivity index (χ2v) is 7.16. The van der Waals surface area contributed by atoms with Gasteiger partial charge in [-0.3, -0.25) is 0 Å². The number of hydrogen-bond acceptors (Lipinski definition) is 6. The molecule has 0 aliphatic rings. The lowest BCUT2D eigenvalue weighted by molar-refractivity contribution is 0.284. The van der Waals surface area contributed by atoms with Crippen molar-refractivity contribution in [3.8, 4) is 11.5 Å². The molecule has 0 saturated heterocycles. The molecule has 154 valence electrons. The van der Waals surface area contributed by atoms with Crippen LogP contribution < -0.4 is 14.8 Å². The third-order valence-electron chi connectivity index (χ3n) is 4.63. The number of nitrogens with one attached hydrogen (secondary N) is 1. The van der Waals surface area contributed by atoms with Crippen molar-refractivity contribution in [2.75, 3.05) is 12.4 Å². The minimum atomic E-state index is 0.423. The zero-order chi connectivity index (χ0) is 20.6. The third kappa shape index (κ3) is 5.38. The molecule has 0 amide bonds. The second kappa shape index (κ2) is 10.1. The Hall–Kier alpha value is -2.80. The Morgan fingerprint density at radius 3 is 2.79 bits per heavy atom. The number of rotatable bonds is 10. The van der Waals surface area contributed by atoms with Gasteiger partial charge < -0.3 is 14.8 Å². The fourth-order valence-electron chi connectivity index (χ4n) is 2.91. The van der Waals surface area contributed by atoms with Gasteiger partial charge in [-0.1, -0.05) is 54.3 Å². The van der Waals surface area contributed by atoms with Crippen LogP contribution in [0.25, 0.3) is 0 Å². The molecule has 7 nitrogen and oxygen atoms in total. The van der Waals surface area contributed by atoms with Crippen molar-refractivity contribution in [1.29, 1.82) is 0 Å². The molecular formula is C21H26ClN5O2. The van der Waals surface area contributed by atoms with Crippen molar-refractivity contribution in [2.45, 2.75) is 46.4 Å². The quantitative estimate of drug-likeness (QED) is 0.520. The van der Waals surface area contributed by atoms with E-state index < -0.39 is 0 Å². The van der Waals surface area contributed by atoms with Crippen LogP contribution in [0.2, 0.25) is 5.02 Å². The van der Waals surface area contributed by atoms with Gasteiger partial charge in [0, 0.05) is 13.1 Å². The molecule has 29 heavy (non-hydrogen) atoms. The van der Waals surface area contributed by atoms with Crippen LogP contribution in [0, 0.1) is 6.92 Å². The van der Waals surface area contributed by atoms with E-state index in [0.29, 0.717) is 35.6 Å². The Labute approximate surface area is 176 Å². The molecule has 0 radical (unpaired) electrons. The molecule has 2 aromatic carbocycles. The SMILES string of the molecule is CCCCn1nnnc1NCc1cc(Cl)c(OCc2ccccc2C)c(OC)c1. The van der Waals surface area contributed by atoms with Crippen molar-refractivity contribution < 1.29 is 9.47 Å². The first-order valence-electron chi connectivity index (χ1n) is 9.66. The normalized spacial score (nSPS) is 10.8. The third-order valence-corrected chi connectivity index (χ3v) is 4.91. The molecular weight excluding hydrogens is 390 g/mol. The second-order valence-electron chi connectivity index (χ2n) is 6.76. The highest BCUT2D eigenvalue weighted by Crippen LogP contribution is 2.37. The van der Waals surface area contributed by atoms with Crippen LogP contribution in [-0.4, -0.2) is 27.3 Å². The molecule has 0 bridgehead atoms. The lowest BCUT2D eigenvalue weighted by atomic mass is 10.1. The van der Waals surface area contributed by atoms with Crippen molar-refractivity contribution >= 4 is 17.5 Å². The van der Waals surface area contributed by atoms with Crippen LogP contribution in [0.15, 0.2) is 36.4 Å². The maximum absolute atomic E-state index is 6.50. The Bertz CT molecular complexity index is 945. The van der Waals surface area contributed by atoms with E-state index in [2.05, 4.69) is 40.8 Å². The summed E-state index contributed by atoms with van der Waals surface area (Å²) in [5.74, 6) is 1.76. The molecule has 0 atom stereocenters. The van der Waals surface area contributed by atoms with Crippen molar-refractivity contribution in [2.24, 2.45) is 0 Å². The molecule has 1 N–H and O–H groups in total. The van der Waals surface area contributed by atoms with Gasteiger partial charge in [-0.25, -0.2) is 4.68 Å². The van der Waals surface area contributed by atoms with Gasteiger partial charge in [0.05, 0.1) is 12.1 Å². The highest BCUT2D eigenvalue weighted by Gasteiger charge is 2.14. The monoisotopic (exact) mass is 415 g/mol. The van der Waals surface area contributed by atoms with E-state index in [1.165, 1.54) is 5.56 Å². The summed E-state index contributed by atoms with van der Waals surface area (Å²) < 4.78 is 13.3. The average Bonchev–Trinajstić information content (AvgIpc) is 3.18. The molecule has 3 rings (SSSR count). The minimum Gasteiger partial charge on any atom is -0.493 e. The lowest BCUT2D eigenvalue weighted by Gasteiger charge is -2.15. The van der Waals surface area contributed by atoms with Gasteiger partial charge in [-0.05, 0) is 52.6 Å². The van der Waals surface area contributed by atoms with E-state index in [1.807, 2.05) is 30.3 Å². The first-order chi connectivity index (χ1) is 14.1. The van der Waals surface area contributed by atoms with Crippen molar-refractivity contribution in [3.05, 3.63) is 58.1 Å². The minimum absolute atomic E-state index is 0.423. The Morgan fingerprint density at radius 1 is 1.21 bits per heavy atom. The van der Waals surface area contributed by atoms with E-state index in [9.17, 15) is 0 Å². The van der Waals surface area contributed by atoms with E-state index in [4.69, 9.17) is 21.1 Å². The molecule has 0 saturated carbocycles. The lowest BCUT2D eigenvalue weighted by Crippen LogP contribution is -2.09. The first-order valence-corrected chi connectivity index (χ1v) is 10.0. The number of tetrazole rings is 1. The summed E-state index contributed by atoms with van der Waals surface area (Å²) in [5, 5.41) is 15.6. The van der Waals surface area contributed by atoms with Crippen LogP contribution >= 0.6 is 11.6 Å². The Morgan fingerprint density at radius 2 is 2.03 bits per heavy atom. The number of methoxy groups -OCH3 is 1. The smallest absolute Gasteiger partial charge is 0.243 e. The number of hydrogen-bond donors (Lipinski definition) is 1. The number of benzene rings is 2. The number of halogens is 1. The summed E-state index contributed by atoms with van der Waals surface area (Å²) >= 11 is 6.50. The number of aryl methyl sites for hydroxylation is 2. The predicted octanol–water partition coefficient (Wildman–Crippen LogP) is 4.63. The number of aromatic nitrogens is 4. The first kappa shape index (κ1) is 20.9. The van der Waals surface area contributed by atoms with E-state index in [-0.39, 0.29) is 0 Å². The van der Waals surface area contributed by atoms with Gasteiger partial charge in [-0.2, -0.15) is 0 Å². The van der Waals surface area contributed by atoms with Crippen molar-refractivity contribution in [3.63, 3.8) is 0 Å². The zero-order valence-corrected chi connectivity index (χ0v) is 17.7. The summed E-state index contributed by atoms with van der Waals surface area (Å²) in [6.07, 6.45) is 2.10. The van der Waals surface area contributed by atoms with E-state index in [0.717, 1.165) is 30.5 Å². The summed E-state index contributed by atoms with van der Waals surface area (Å²) in [6, 6.07) is 11.9. The van der Waals surface area contributed by atoms with Gasteiger partial charge >= 0.3 is 0 Å². The van der Waals surface area contributed by atoms with E-state index >= 15 is 0 Å². The van der Waals surface area contributed by atoms with Gasteiger partial charge in [0.15, 0.2) is 11.5 Å². The van der Waals surface area contributed by atoms with Crippen LogP contribution in [0.1, 0.15) is 36.5 Å². The maximum atomic E-state index is 6.50. The van der Waals surface area contributed by atoms with Crippen LogP contribution in [-0.2, 0) is 19.7 Å². The number of unbranched alkanes of at least 4 members (excludes halogenated alkanes) is 1. The van der Waals surface area contributed by atoms with E-state index in [1.54, 1.807) is 11.8 Å². The van der Waals surface area contributed by atoms with Crippen LogP contribution in [0.4, 0.5) is 5.95 Å². The van der Waals surface area contributed by atoms with Crippen molar-refractivity contribution in [1.82, 2.24) is 20.2 Å². The summed E-state index contributed by atoms with van der Waals surface area (Å²) in [5.41, 5.74) is 3.22. The molecule has 0 aliphatic carbocycles. The largest absolute Gasteiger partial charge is 0.493 e. The molecule has 0 fully saturated rings. The Balaban J connectivity index is 1.70. The molecule has 0 unspecified atom stereocenters. The summed E-state index contributed by atoms with van der Waals surface area (Å²) in [6.45, 7) is 5.91. The molecule has 8 heteroatoms. The standard InChI is InChI=1S/C21H26ClN5O2/c1-4-5-10-27-21(24-25-26-27)23-13-16-11-18(22)20(19(12-16)28-3)29-14-17-9-7-6-8-15(17)2/h6-9,11-12H,4-5,10,13-14H2,1-3H3,(H,23,24,26). The zero-order valence-electron chi connectivity index (χ0n) is 17.0. The van der Waals surface area contributed by atoms with Gasteiger partial charge in [0.25, 0.3) is 0 Å².